The van der Waals surface area contributed by atoms with E-state index in [1.165, 1.54) is 0 Å². The van der Waals surface area contributed by atoms with Crippen molar-refractivity contribution in [1.82, 2.24) is 0 Å². The highest BCUT2D eigenvalue weighted by molar-refractivity contribution is 5.78. The largest absolute Gasteiger partial charge is 0.479 e. The molecule has 0 aromatic carbocycles. The van der Waals surface area contributed by atoms with Gasteiger partial charge in [0, 0.05) is 5.92 Å². The van der Waals surface area contributed by atoms with Crippen LogP contribution in [0.3, 0.4) is 0 Å². The Morgan fingerprint density at radius 3 is 2.33 bits per heavy atom. The Morgan fingerprint density at radius 2 is 1.86 bits per heavy atom. The molecule has 4 nitrogen and oxygen atoms in total. The van der Waals surface area contributed by atoms with Crippen molar-refractivity contribution in [3.63, 3.8) is 0 Å². The predicted molar refractivity (Wildman–Crippen MR) is 82.9 cm³/mol. The van der Waals surface area contributed by atoms with Crippen LogP contribution in [-0.4, -0.2) is 22.3 Å². The summed E-state index contributed by atoms with van der Waals surface area (Å²) in [5, 5.41) is 9.71. The van der Waals surface area contributed by atoms with E-state index in [1.54, 1.807) is 0 Å². The minimum atomic E-state index is -1.18. The summed E-state index contributed by atoms with van der Waals surface area (Å²) in [5.41, 5.74) is -1.58. The van der Waals surface area contributed by atoms with Crippen LogP contribution >= 0.6 is 0 Å². The van der Waals surface area contributed by atoms with E-state index in [0.717, 1.165) is 32.1 Å². The van der Waals surface area contributed by atoms with Crippen LogP contribution in [0.2, 0.25) is 0 Å². The summed E-state index contributed by atoms with van der Waals surface area (Å²) in [6.07, 6.45) is 4.98. The molecule has 0 amide bonds. The lowest BCUT2D eigenvalue weighted by Crippen LogP contribution is -2.51. The molecule has 0 spiro atoms. The molecule has 0 saturated heterocycles. The third kappa shape index (κ3) is 4.96. The Morgan fingerprint density at radius 1 is 1.24 bits per heavy atom. The lowest BCUT2D eigenvalue weighted by atomic mass is 9.74. The first kappa shape index (κ1) is 18.4. The second kappa shape index (κ2) is 6.66. The van der Waals surface area contributed by atoms with Crippen LogP contribution in [0.1, 0.15) is 80.1 Å². The van der Waals surface area contributed by atoms with E-state index in [4.69, 9.17) is 9.78 Å². The van der Waals surface area contributed by atoms with Gasteiger partial charge in [-0.2, -0.15) is 0 Å². The fourth-order valence-corrected chi connectivity index (χ4v) is 3.67. The quantitative estimate of drug-likeness (QED) is 0.576. The SMILES string of the molecule is CCC1CCCCC1(OOC(C)(C)CC(C)(C)C)C(=O)O. The zero-order valence-corrected chi connectivity index (χ0v) is 14.5. The summed E-state index contributed by atoms with van der Waals surface area (Å²) in [7, 11) is 0. The molecule has 1 fully saturated rings. The van der Waals surface area contributed by atoms with Crippen LogP contribution in [0.25, 0.3) is 0 Å². The molecule has 1 rings (SSSR count). The van der Waals surface area contributed by atoms with Gasteiger partial charge in [-0.25, -0.2) is 14.6 Å². The molecule has 1 aliphatic rings. The van der Waals surface area contributed by atoms with E-state index in [-0.39, 0.29) is 11.3 Å². The molecule has 0 aliphatic heterocycles. The fourth-order valence-electron chi connectivity index (χ4n) is 3.67. The minimum absolute atomic E-state index is 0.0224. The normalized spacial score (nSPS) is 27.6. The number of rotatable bonds is 6. The average Bonchev–Trinajstić information content (AvgIpc) is 2.33. The summed E-state index contributed by atoms with van der Waals surface area (Å²) in [6.45, 7) is 12.4. The Hall–Kier alpha value is -0.610. The minimum Gasteiger partial charge on any atom is -0.479 e. The van der Waals surface area contributed by atoms with Gasteiger partial charge < -0.3 is 5.11 Å². The van der Waals surface area contributed by atoms with Crippen LogP contribution < -0.4 is 0 Å². The fraction of sp³-hybridized carbons (Fsp3) is 0.941. The molecule has 0 radical (unpaired) electrons. The number of hydrogen-bond donors (Lipinski definition) is 1. The van der Waals surface area contributed by atoms with Gasteiger partial charge in [-0.15, -0.1) is 0 Å². The van der Waals surface area contributed by atoms with E-state index >= 15 is 0 Å². The first-order valence-electron chi connectivity index (χ1n) is 8.13. The van der Waals surface area contributed by atoms with Crippen LogP contribution in [0.15, 0.2) is 0 Å². The van der Waals surface area contributed by atoms with Crippen LogP contribution in [0.4, 0.5) is 0 Å². The van der Waals surface area contributed by atoms with Gasteiger partial charge in [0.2, 0.25) is 5.60 Å². The van der Waals surface area contributed by atoms with Gasteiger partial charge >= 0.3 is 5.97 Å². The third-order valence-electron chi connectivity index (χ3n) is 4.24. The first-order valence-corrected chi connectivity index (χ1v) is 8.13. The summed E-state index contributed by atoms with van der Waals surface area (Å²) >= 11 is 0. The molecule has 1 N–H and O–H groups in total. The van der Waals surface area contributed by atoms with Crippen molar-refractivity contribution in [2.24, 2.45) is 11.3 Å². The highest BCUT2D eigenvalue weighted by Gasteiger charge is 2.50. The monoisotopic (exact) mass is 300 g/mol. The lowest BCUT2D eigenvalue weighted by molar-refractivity contribution is -0.415. The summed E-state index contributed by atoms with van der Waals surface area (Å²) in [6, 6.07) is 0. The predicted octanol–water partition coefficient (Wildman–Crippen LogP) is 4.57. The molecule has 0 heterocycles. The summed E-state index contributed by atoms with van der Waals surface area (Å²) in [5.74, 6) is -0.866. The Labute approximate surface area is 129 Å². The maximum Gasteiger partial charge on any atom is 0.339 e. The summed E-state index contributed by atoms with van der Waals surface area (Å²) < 4.78 is 0. The van der Waals surface area contributed by atoms with Gasteiger partial charge in [0.25, 0.3) is 0 Å². The molecule has 0 bridgehead atoms. The van der Waals surface area contributed by atoms with Crippen molar-refractivity contribution in [3.8, 4) is 0 Å². The second-order valence-corrected chi connectivity index (χ2v) is 8.21. The van der Waals surface area contributed by atoms with Gasteiger partial charge in [-0.3, -0.25) is 0 Å². The van der Waals surface area contributed by atoms with Gasteiger partial charge in [0.05, 0.1) is 5.60 Å². The second-order valence-electron chi connectivity index (χ2n) is 8.21. The highest BCUT2D eigenvalue weighted by Crippen LogP contribution is 2.41. The molecular formula is C17H32O4. The van der Waals surface area contributed by atoms with Crippen molar-refractivity contribution < 1.29 is 19.7 Å². The topological polar surface area (TPSA) is 55.8 Å². The van der Waals surface area contributed by atoms with Crippen LogP contribution in [0, 0.1) is 11.3 Å². The van der Waals surface area contributed by atoms with Crippen molar-refractivity contribution in [2.45, 2.75) is 91.3 Å². The maximum absolute atomic E-state index is 11.8. The van der Waals surface area contributed by atoms with Gasteiger partial charge in [-0.1, -0.05) is 34.1 Å². The Kier molecular flexibility index (Phi) is 5.84. The molecule has 0 aromatic heterocycles. The molecular weight excluding hydrogens is 268 g/mol. The molecule has 4 heteroatoms. The van der Waals surface area contributed by atoms with Crippen molar-refractivity contribution in [3.05, 3.63) is 0 Å². The van der Waals surface area contributed by atoms with E-state index in [1.807, 2.05) is 20.8 Å². The maximum atomic E-state index is 11.8. The molecule has 2 unspecified atom stereocenters. The number of carbonyl (C=O) groups is 1. The van der Waals surface area contributed by atoms with E-state index in [0.29, 0.717) is 6.42 Å². The van der Waals surface area contributed by atoms with E-state index < -0.39 is 17.2 Å². The molecule has 1 aliphatic carbocycles. The van der Waals surface area contributed by atoms with Gasteiger partial charge in [0.15, 0.2) is 0 Å². The number of aliphatic carboxylic acids is 1. The highest BCUT2D eigenvalue weighted by atomic mass is 17.2. The molecule has 0 aromatic rings. The number of carboxylic acid groups (broad SMARTS) is 1. The van der Waals surface area contributed by atoms with Gasteiger partial charge in [0.1, 0.15) is 0 Å². The van der Waals surface area contributed by atoms with E-state index in [2.05, 4.69) is 20.8 Å². The average molecular weight is 300 g/mol. The van der Waals surface area contributed by atoms with Crippen LogP contribution in [0.5, 0.6) is 0 Å². The van der Waals surface area contributed by atoms with Crippen molar-refractivity contribution >= 4 is 5.97 Å². The number of hydrogen-bond acceptors (Lipinski definition) is 3. The molecule has 2 atom stereocenters. The molecule has 124 valence electrons. The standard InChI is InChI=1S/C17H32O4/c1-7-13-10-8-9-11-17(13,14(18)19)21-20-16(5,6)12-15(2,3)4/h13H,7-12H2,1-6H3,(H,18,19). The molecule has 21 heavy (non-hydrogen) atoms. The summed E-state index contributed by atoms with van der Waals surface area (Å²) in [4.78, 5) is 23.2. The first-order chi connectivity index (χ1) is 9.52. The van der Waals surface area contributed by atoms with Crippen molar-refractivity contribution in [1.29, 1.82) is 0 Å². The third-order valence-corrected chi connectivity index (χ3v) is 4.24. The Bertz CT molecular complexity index is 356. The van der Waals surface area contributed by atoms with E-state index in [9.17, 15) is 9.90 Å². The zero-order chi connectivity index (χ0) is 16.3. The molecule has 1 saturated carbocycles. The lowest BCUT2D eigenvalue weighted by Gasteiger charge is -2.41. The smallest absolute Gasteiger partial charge is 0.339 e. The number of carboxylic acids is 1. The Balaban J connectivity index is 2.82. The van der Waals surface area contributed by atoms with Gasteiger partial charge in [-0.05, 0) is 51.4 Å². The van der Waals surface area contributed by atoms with Crippen molar-refractivity contribution in [2.75, 3.05) is 0 Å². The van der Waals surface area contributed by atoms with Crippen LogP contribution in [-0.2, 0) is 14.6 Å². The zero-order valence-electron chi connectivity index (χ0n) is 14.5.